The van der Waals surface area contributed by atoms with Gasteiger partial charge in [-0.25, -0.2) is 0 Å². The molecule has 2 N–H and O–H groups in total. The summed E-state index contributed by atoms with van der Waals surface area (Å²) in [6.45, 7) is 0.348. The van der Waals surface area contributed by atoms with Crippen molar-refractivity contribution in [3.05, 3.63) is 34.9 Å². The maximum Gasteiger partial charge on any atom is 0.306 e. The second kappa shape index (κ2) is 5.26. The van der Waals surface area contributed by atoms with Gasteiger partial charge in [-0.15, -0.1) is 0 Å². The molecule has 1 aromatic carbocycles. The van der Waals surface area contributed by atoms with Crippen LogP contribution >= 0.6 is 11.6 Å². The monoisotopic (exact) mass is 270 g/mol. The first-order valence-electron chi connectivity index (χ1n) is 5.80. The molecule has 1 saturated heterocycles. The fourth-order valence-corrected chi connectivity index (χ4v) is 2.46. The van der Waals surface area contributed by atoms with Gasteiger partial charge < -0.3 is 14.9 Å². The van der Waals surface area contributed by atoms with Crippen molar-refractivity contribution in [3.8, 4) is 0 Å². The highest BCUT2D eigenvalue weighted by molar-refractivity contribution is 6.30. The SMILES string of the molecule is O=C(O)CC1(O)CCOC(c2cccc(Cl)c2)C1. The average molecular weight is 271 g/mol. The van der Waals surface area contributed by atoms with Gasteiger partial charge in [-0.3, -0.25) is 4.79 Å². The first-order chi connectivity index (χ1) is 8.48. The standard InChI is InChI=1S/C13H15ClO4/c14-10-3-1-2-9(6-10)11-7-13(17,4-5-18-11)8-12(15)16/h1-3,6,11,17H,4-5,7-8H2,(H,15,16). The Morgan fingerprint density at radius 3 is 3.00 bits per heavy atom. The Labute approximate surface area is 110 Å². The zero-order valence-electron chi connectivity index (χ0n) is 9.80. The van der Waals surface area contributed by atoms with Gasteiger partial charge in [0.2, 0.25) is 0 Å². The van der Waals surface area contributed by atoms with Gasteiger partial charge >= 0.3 is 5.97 Å². The molecule has 5 heteroatoms. The summed E-state index contributed by atoms with van der Waals surface area (Å²) in [5.74, 6) is -0.996. The molecule has 0 spiro atoms. The fourth-order valence-electron chi connectivity index (χ4n) is 2.26. The molecule has 2 unspecified atom stereocenters. The Balaban J connectivity index is 2.13. The Morgan fingerprint density at radius 1 is 1.56 bits per heavy atom. The number of hydrogen-bond donors (Lipinski definition) is 2. The van der Waals surface area contributed by atoms with E-state index in [1.54, 1.807) is 12.1 Å². The van der Waals surface area contributed by atoms with E-state index < -0.39 is 11.6 Å². The molecule has 1 aliphatic heterocycles. The molecule has 0 amide bonds. The number of carbonyl (C=O) groups is 1. The summed E-state index contributed by atoms with van der Waals surface area (Å²) in [6.07, 6.45) is 0.0606. The average Bonchev–Trinajstić information content (AvgIpc) is 2.27. The minimum atomic E-state index is -1.20. The van der Waals surface area contributed by atoms with Gasteiger partial charge in [-0.2, -0.15) is 0 Å². The lowest BCUT2D eigenvalue weighted by Gasteiger charge is -2.36. The second-order valence-electron chi connectivity index (χ2n) is 4.66. The Hall–Kier alpha value is -1.10. The quantitative estimate of drug-likeness (QED) is 0.885. The maximum atomic E-state index is 10.7. The van der Waals surface area contributed by atoms with Crippen molar-refractivity contribution in [2.45, 2.75) is 31.0 Å². The lowest BCUT2D eigenvalue weighted by molar-refractivity contribution is -0.151. The van der Waals surface area contributed by atoms with Gasteiger partial charge in [-0.1, -0.05) is 23.7 Å². The highest BCUT2D eigenvalue weighted by Crippen LogP contribution is 2.36. The van der Waals surface area contributed by atoms with Crippen LogP contribution in [0.2, 0.25) is 5.02 Å². The summed E-state index contributed by atoms with van der Waals surface area (Å²) in [5, 5.41) is 19.7. The molecular weight excluding hydrogens is 256 g/mol. The summed E-state index contributed by atoms with van der Waals surface area (Å²) in [7, 11) is 0. The van der Waals surface area contributed by atoms with Crippen LogP contribution in [0.1, 0.15) is 30.9 Å². The smallest absolute Gasteiger partial charge is 0.306 e. The number of aliphatic carboxylic acids is 1. The third-order valence-electron chi connectivity index (χ3n) is 3.15. The fraction of sp³-hybridized carbons (Fsp3) is 0.462. The number of carboxylic acids is 1. The molecule has 1 fully saturated rings. The van der Waals surface area contributed by atoms with E-state index in [1.165, 1.54) is 0 Å². The van der Waals surface area contributed by atoms with Crippen LogP contribution < -0.4 is 0 Å². The van der Waals surface area contributed by atoms with Crippen molar-refractivity contribution >= 4 is 17.6 Å². The third-order valence-corrected chi connectivity index (χ3v) is 3.39. The first kappa shape index (κ1) is 13.3. The molecular formula is C13H15ClO4. The van der Waals surface area contributed by atoms with Crippen molar-refractivity contribution in [2.75, 3.05) is 6.61 Å². The predicted molar refractivity (Wildman–Crippen MR) is 66.6 cm³/mol. The zero-order valence-corrected chi connectivity index (χ0v) is 10.6. The number of halogens is 1. The molecule has 98 valence electrons. The van der Waals surface area contributed by atoms with Crippen LogP contribution in [0.5, 0.6) is 0 Å². The predicted octanol–water partition coefficient (Wildman–Crippen LogP) is 2.40. The van der Waals surface area contributed by atoms with Crippen molar-refractivity contribution in [1.82, 2.24) is 0 Å². The van der Waals surface area contributed by atoms with E-state index in [0.717, 1.165) is 5.56 Å². The van der Waals surface area contributed by atoms with Crippen LogP contribution in [0.15, 0.2) is 24.3 Å². The largest absolute Gasteiger partial charge is 0.481 e. The lowest BCUT2D eigenvalue weighted by Crippen LogP contribution is -2.39. The van der Waals surface area contributed by atoms with Crippen LogP contribution in [0.4, 0.5) is 0 Å². The minimum absolute atomic E-state index is 0.257. The number of benzene rings is 1. The number of carboxylic acid groups (broad SMARTS) is 1. The van der Waals surface area contributed by atoms with Crippen molar-refractivity contribution < 1.29 is 19.7 Å². The molecule has 0 saturated carbocycles. The summed E-state index contributed by atoms with van der Waals surface area (Å²) in [4.78, 5) is 10.7. The molecule has 0 bridgehead atoms. The van der Waals surface area contributed by atoms with Crippen LogP contribution in [-0.2, 0) is 9.53 Å². The molecule has 2 atom stereocenters. The van der Waals surface area contributed by atoms with Gasteiger partial charge in [0.1, 0.15) is 0 Å². The number of aliphatic hydroxyl groups is 1. The van der Waals surface area contributed by atoms with E-state index in [2.05, 4.69) is 0 Å². The maximum absolute atomic E-state index is 10.7. The van der Waals surface area contributed by atoms with Crippen molar-refractivity contribution in [1.29, 1.82) is 0 Å². The highest BCUT2D eigenvalue weighted by Gasteiger charge is 2.37. The Morgan fingerprint density at radius 2 is 2.33 bits per heavy atom. The van der Waals surface area contributed by atoms with Gasteiger partial charge in [0.25, 0.3) is 0 Å². The second-order valence-corrected chi connectivity index (χ2v) is 5.10. The van der Waals surface area contributed by atoms with Crippen LogP contribution in [0.25, 0.3) is 0 Å². The number of rotatable bonds is 3. The van der Waals surface area contributed by atoms with Crippen LogP contribution in [-0.4, -0.2) is 28.4 Å². The van der Waals surface area contributed by atoms with Gasteiger partial charge in [0, 0.05) is 17.9 Å². The van der Waals surface area contributed by atoms with Crippen molar-refractivity contribution in [3.63, 3.8) is 0 Å². The van der Waals surface area contributed by atoms with E-state index in [0.29, 0.717) is 18.1 Å². The molecule has 0 aliphatic carbocycles. The normalized spacial score (nSPS) is 28.0. The third kappa shape index (κ3) is 3.22. The van der Waals surface area contributed by atoms with E-state index >= 15 is 0 Å². The molecule has 0 aromatic heterocycles. The summed E-state index contributed by atoms with van der Waals surface area (Å²) in [6, 6.07) is 7.21. The number of hydrogen-bond acceptors (Lipinski definition) is 3. The zero-order chi connectivity index (χ0) is 13.2. The topological polar surface area (TPSA) is 66.8 Å². The van der Waals surface area contributed by atoms with E-state index in [9.17, 15) is 9.90 Å². The Kier molecular flexibility index (Phi) is 3.90. The van der Waals surface area contributed by atoms with E-state index in [-0.39, 0.29) is 18.9 Å². The summed E-state index contributed by atoms with van der Waals surface area (Å²) >= 11 is 5.91. The molecule has 2 rings (SSSR count). The van der Waals surface area contributed by atoms with Gasteiger partial charge in [0.05, 0.1) is 24.7 Å². The molecule has 1 aliphatic rings. The molecule has 1 aromatic rings. The first-order valence-corrected chi connectivity index (χ1v) is 6.18. The molecule has 18 heavy (non-hydrogen) atoms. The van der Waals surface area contributed by atoms with E-state index in [4.69, 9.17) is 21.4 Å². The van der Waals surface area contributed by atoms with Crippen LogP contribution in [0.3, 0.4) is 0 Å². The van der Waals surface area contributed by atoms with Crippen LogP contribution in [0, 0.1) is 0 Å². The highest BCUT2D eigenvalue weighted by atomic mass is 35.5. The molecule has 4 nitrogen and oxygen atoms in total. The minimum Gasteiger partial charge on any atom is -0.481 e. The van der Waals surface area contributed by atoms with Gasteiger partial charge in [-0.05, 0) is 17.7 Å². The summed E-state index contributed by atoms with van der Waals surface area (Å²) in [5.41, 5.74) is -0.331. The number of ether oxygens (including phenoxy) is 1. The molecule has 0 radical (unpaired) electrons. The summed E-state index contributed by atoms with van der Waals surface area (Å²) < 4.78 is 5.58. The lowest BCUT2D eigenvalue weighted by atomic mass is 9.85. The molecule has 1 heterocycles. The van der Waals surface area contributed by atoms with Gasteiger partial charge in [0.15, 0.2) is 0 Å². The Bertz CT molecular complexity index is 448. The van der Waals surface area contributed by atoms with Crippen molar-refractivity contribution in [2.24, 2.45) is 0 Å². The van der Waals surface area contributed by atoms with E-state index in [1.807, 2.05) is 12.1 Å².